The van der Waals surface area contributed by atoms with Crippen molar-refractivity contribution in [1.82, 2.24) is 5.32 Å². The molecule has 0 bridgehead atoms. The molecule has 1 rings (SSSR count). The van der Waals surface area contributed by atoms with Crippen LogP contribution in [-0.4, -0.2) is 34.6 Å². The fraction of sp³-hybridized carbons (Fsp3) is 0.231. The molecule has 1 unspecified atom stereocenters. The molecule has 0 aliphatic heterocycles. The maximum atomic E-state index is 13.5. The van der Waals surface area contributed by atoms with Crippen molar-refractivity contribution in [1.29, 1.82) is 0 Å². The number of rotatable bonds is 6. The number of halogens is 4. The molecule has 0 aromatic heterocycles. The molecular weight excluding hydrogens is 310 g/mol. The summed E-state index contributed by atoms with van der Waals surface area (Å²) < 4.78 is 52.5. The number of aliphatic carboxylic acids is 1. The number of aliphatic hydroxyl groups is 1. The highest BCUT2D eigenvalue weighted by molar-refractivity contribution is 6.23. The second-order valence-electron chi connectivity index (χ2n) is 4.29. The molecule has 120 valence electrons. The van der Waals surface area contributed by atoms with Gasteiger partial charge in [-0.2, -0.15) is 0 Å². The summed E-state index contributed by atoms with van der Waals surface area (Å²) in [5.74, 6) is -11.5. The zero-order valence-corrected chi connectivity index (χ0v) is 11.2. The van der Waals surface area contributed by atoms with Gasteiger partial charge in [-0.25, -0.2) is 22.4 Å². The molecule has 0 heterocycles. The molecular formula is C13H11F4NO4. The Labute approximate surface area is 121 Å². The van der Waals surface area contributed by atoms with E-state index < -0.39 is 58.8 Å². The van der Waals surface area contributed by atoms with Crippen LogP contribution in [0, 0.1) is 23.3 Å². The Hall–Kier alpha value is -2.42. The summed E-state index contributed by atoms with van der Waals surface area (Å²) in [5.41, 5.74) is -2.30. The number of carbonyl (C=O) groups excluding carboxylic acids is 1. The number of ketones is 1. The lowest BCUT2D eigenvalue weighted by Gasteiger charge is -2.10. The molecule has 1 aromatic rings. The lowest BCUT2D eigenvalue weighted by Crippen LogP contribution is -2.27. The van der Waals surface area contributed by atoms with Crippen LogP contribution < -0.4 is 5.32 Å². The first-order valence-corrected chi connectivity index (χ1v) is 5.88. The van der Waals surface area contributed by atoms with Crippen LogP contribution in [0.15, 0.2) is 17.8 Å². The van der Waals surface area contributed by atoms with Gasteiger partial charge < -0.3 is 15.5 Å². The molecule has 0 aliphatic rings. The van der Waals surface area contributed by atoms with Crippen molar-refractivity contribution in [2.75, 3.05) is 6.61 Å². The first-order chi connectivity index (χ1) is 10.2. The van der Waals surface area contributed by atoms with E-state index in [2.05, 4.69) is 5.32 Å². The highest BCUT2D eigenvalue weighted by atomic mass is 19.2. The van der Waals surface area contributed by atoms with E-state index >= 15 is 0 Å². The molecule has 22 heavy (non-hydrogen) atoms. The Bertz CT molecular complexity index is 645. The minimum Gasteiger partial charge on any atom is -0.477 e. The van der Waals surface area contributed by atoms with Crippen molar-refractivity contribution in [3.63, 3.8) is 0 Å². The number of carboxylic acids is 1. The summed E-state index contributed by atoms with van der Waals surface area (Å²) in [7, 11) is 0. The monoisotopic (exact) mass is 321 g/mol. The van der Waals surface area contributed by atoms with Gasteiger partial charge in [-0.05, 0) is 13.0 Å². The summed E-state index contributed by atoms with van der Waals surface area (Å²) in [6.07, 6.45) is 0.657. The molecule has 1 aromatic carbocycles. The predicted molar refractivity (Wildman–Crippen MR) is 66.0 cm³/mol. The average Bonchev–Trinajstić information content (AvgIpc) is 2.48. The SMILES string of the molecule is CC(CO)N/C=C(\C(=O)O)C(=O)c1cc(F)c(F)c(F)c1F. The summed E-state index contributed by atoms with van der Waals surface area (Å²) in [6, 6.07) is -0.559. The van der Waals surface area contributed by atoms with Crippen LogP contribution in [0.4, 0.5) is 17.6 Å². The van der Waals surface area contributed by atoms with Crippen molar-refractivity contribution in [2.24, 2.45) is 0 Å². The van der Waals surface area contributed by atoms with E-state index in [0.717, 1.165) is 0 Å². The van der Waals surface area contributed by atoms with Crippen molar-refractivity contribution in [2.45, 2.75) is 13.0 Å². The van der Waals surface area contributed by atoms with Crippen LogP contribution >= 0.6 is 0 Å². The molecule has 9 heteroatoms. The molecule has 3 N–H and O–H groups in total. The second kappa shape index (κ2) is 7.03. The topological polar surface area (TPSA) is 86.6 Å². The minimum absolute atomic E-state index is 0.0718. The first kappa shape index (κ1) is 17.6. The fourth-order valence-electron chi connectivity index (χ4n) is 1.39. The normalized spacial score (nSPS) is 12.9. The third kappa shape index (κ3) is 3.61. The number of carboxylic acid groups (broad SMARTS) is 1. The third-order valence-corrected chi connectivity index (χ3v) is 2.61. The van der Waals surface area contributed by atoms with Crippen molar-refractivity contribution < 1.29 is 37.4 Å². The lowest BCUT2D eigenvalue weighted by molar-refractivity contribution is -0.132. The van der Waals surface area contributed by atoms with E-state index in [9.17, 15) is 27.2 Å². The van der Waals surface area contributed by atoms with Gasteiger partial charge in [0.05, 0.1) is 12.2 Å². The Morgan fingerprint density at radius 1 is 1.23 bits per heavy atom. The van der Waals surface area contributed by atoms with Gasteiger partial charge in [0.1, 0.15) is 5.57 Å². The molecule has 1 atom stereocenters. The molecule has 0 aliphatic carbocycles. The largest absolute Gasteiger partial charge is 0.477 e. The number of nitrogens with one attached hydrogen (secondary N) is 1. The zero-order chi connectivity index (χ0) is 17.0. The highest BCUT2D eigenvalue weighted by Crippen LogP contribution is 2.21. The van der Waals surface area contributed by atoms with Gasteiger partial charge in [0, 0.05) is 12.2 Å². The quantitative estimate of drug-likeness (QED) is 0.140. The van der Waals surface area contributed by atoms with E-state index in [0.29, 0.717) is 6.20 Å². The molecule has 5 nitrogen and oxygen atoms in total. The Kier molecular flexibility index (Phi) is 5.63. The van der Waals surface area contributed by atoms with Crippen LogP contribution in [-0.2, 0) is 4.79 Å². The van der Waals surface area contributed by atoms with Crippen molar-refractivity contribution in [3.05, 3.63) is 46.7 Å². The Morgan fingerprint density at radius 2 is 1.82 bits per heavy atom. The van der Waals surface area contributed by atoms with Gasteiger partial charge in [-0.1, -0.05) is 0 Å². The van der Waals surface area contributed by atoms with Crippen LogP contribution in [0.2, 0.25) is 0 Å². The third-order valence-electron chi connectivity index (χ3n) is 2.61. The zero-order valence-electron chi connectivity index (χ0n) is 11.2. The van der Waals surface area contributed by atoms with E-state index in [4.69, 9.17) is 10.2 Å². The van der Waals surface area contributed by atoms with Crippen molar-refractivity contribution in [3.8, 4) is 0 Å². The molecule has 0 saturated carbocycles. The summed E-state index contributed by atoms with van der Waals surface area (Å²) in [4.78, 5) is 22.9. The molecule has 0 radical (unpaired) electrons. The van der Waals surface area contributed by atoms with Gasteiger partial charge in [0.25, 0.3) is 0 Å². The van der Waals surface area contributed by atoms with Crippen LogP contribution in [0.3, 0.4) is 0 Å². The number of benzene rings is 1. The van der Waals surface area contributed by atoms with E-state index in [1.54, 1.807) is 0 Å². The molecule has 0 amide bonds. The van der Waals surface area contributed by atoms with Gasteiger partial charge in [-0.3, -0.25) is 4.79 Å². The van der Waals surface area contributed by atoms with Gasteiger partial charge in [0.2, 0.25) is 5.78 Å². The second-order valence-corrected chi connectivity index (χ2v) is 4.29. The average molecular weight is 321 g/mol. The van der Waals surface area contributed by atoms with E-state index in [-0.39, 0.29) is 6.07 Å². The highest BCUT2D eigenvalue weighted by Gasteiger charge is 2.27. The predicted octanol–water partition coefficient (Wildman–Crippen LogP) is 1.36. The number of hydrogen-bond donors (Lipinski definition) is 3. The summed E-state index contributed by atoms with van der Waals surface area (Å²) >= 11 is 0. The number of aliphatic hydroxyl groups excluding tert-OH is 1. The maximum absolute atomic E-state index is 13.5. The minimum atomic E-state index is -2.22. The van der Waals surface area contributed by atoms with E-state index in [1.807, 2.05) is 0 Å². The number of hydrogen-bond acceptors (Lipinski definition) is 4. The van der Waals surface area contributed by atoms with Crippen LogP contribution in [0.25, 0.3) is 0 Å². The van der Waals surface area contributed by atoms with Crippen LogP contribution in [0.5, 0.6) is 0 Å². The Balaban J connectivity index is 3.30. The summed E-state index contributed by atoms with van der Waals surface area (Å²) in [5, 5.41) is 20.0. The van der Waals surface area contributed by atoms with Gasteiger partial charge in [-0.15, -0.1) is 0 Å². The number of Topliss-reactive ketones (excluding diaryl/α,β-unsaturated/α-hetero) is 1. The molecule has 0 fully saturated rings. The maximum Gasteiger partial charge on any atom is 0.341 e. The fourth-order valence-corrected chi connectivity index (χ4v) is 1.39. The first-order valence-electron chi connectivity index (χ1n) is 5.88. The van der Waals surface area contributed by atoms with Gasteiger partial charge >= 0.3 is 5.97 Å². The van der Waals surface area contributed by atoms with Crippen molar-refractivity contribution >= 4 is 11.8 Å². The Morgan fingerprint density at radius 3 is 2.32 bits per heavy atom. The molecule has 0 spiro atoms. The van der Waals surface area contributed by atoms with Gasteiger partial charge in [0.15, 0.2) is 23.3 Å². The summed E-state index contributed by atoms with van der Waals surface area (Å²) in [6.45, 7) is 1.05. The number of carbonyl (C=O) groups is 2. The molecule has 0 saturated heterocycles. The van der Waals surface area contributed by atoms with E-state index in [1.165, 1.54) is 6.92 Å². The lowest BCUT2D eigenvalue weighted by atomic mass is 10.0. The van der Waals surface area contributed by atoms with Crippen LogP contribution in [0.1, 0.15) is 17.3 Å². The smallest absolute Gasteiger partial charge is 0.341 e. The standard InChI is InChI=1S/C13H11F4NO4/c1-5(4-19)18-3-7(13(21)22)12(20)6-2-8(14)10(16)11(17)9(6)15/h2-3,5,18-19H,4H2,1H3,(H,21,22)/b7-3-.